The number of nitrogens with one attached hydrogen (secondary N) is 2. The fraction of sp³-hybridized carbons (Fsp3) is 0.526. The zero-order chi connectivity index (χ0) is 19.4. The van der Waals surface area contributed by atoms with E-state index in [-0.39, 0.29) is 34.9 Å². The van der Waals surface area contributed by atoms with E-state index >= 15 is 0 Å². The highest BCUT2D eigenvalue weighted by Crippen LogP contribution is 2.23. The molecule has 1 aromatic carbocycles. The van der Waals surface area contributed by atoms with Crippen LogP contribution in [-0.4, -0.2) is 48.1 Å². The number of rotatable bonds is 4. The van der Waals surface area contributed by atoms with Gasteiger partial charge >= 0.3 is 6.03 Å². The highest BCUT2D eigenvalue weighted by Gasteiger charge is 2.34. The smallest absolute Gasteiger partial charge is 0.317 e. The largest absolute Gasteiger partial charge is 0.487 e. The average molecular weight is 374 g/mol. The number of halogens is 1. The molecule has 3 rings (SSSR count). The number of amides is 3. The first-order valence-corrected chi connectivity index (χ1v) is 9.09. The number of benzene rings is 1. The maximum atomic E-state index is 13.9. The highest BCUT2D eigenvalue weighted by atomic mass is 19.1. The van der Waals surface area contributed by atoms with Crippen LogP contribution in [-0.2, 0) is 4.79 Å². The van der Waals surface area contributed by atoms with E-state index in [0.717, 1.165) is 6.07 Å². The number of carbonyl (C=O) groups is 2. The van der Waals surface area contributed by atoms with E-state index in [2.05, 4.69) is 10.6 Å². The van der Waals surface area contributed by atoms with Gasteiger partial charge in [-0.1, -0.05) is 0 Å². The molecule has 0 bridgehead atoms. The molecule has 1 unspecified atom stereocenters. The van der Waals surface area contributed by atoms with Crippen LogP contribution < -0.4 is 15.4 Å². The number of nitrogens with zero attached hydrogens (tertiary/aromatic N) is 2. The number of hydrogen-bond donors (Lipinski definition) is 2. The number of piperidine rings is 1. The van der Waals surface area contributed by atoms with Crippen molar-refractivity contribution in [3.05, 3.63) is 29.6 Å². The molecule has 2 aliphatic heterocycles. The van der Waals surface area contributed by atoms with Gasteiger partial charge in [0.05, 0.1) is 17.2 Å². The van der Waals surface area contributed by atoms with E-state index in [1.54, 1.807) is 4.90 Å². The summed E-state index contributed by atoms with van der Waals surface area (Å²) in [4.78, 5) is 25.4. The van der Waals surface area contributed by atoms with Crippen LogP contribution in [0.4, 0.5) is 9.18 Å². The molecule has 2 saturated heterocycles. The van der Waals surface area contributed by atoms with Crippen LogP contribution in [0.5, 0.6) is 5.75 Å². The molecule has 2 fully saturated rings. The van der Waals surface area contributed by atoms with Gasteiger partial charge < -0.3 is 20.3 Å². The summed E-state index contributed by atoms with van der Waals surface area (Å²) in [6.07, 6.45) is 2.21. The second kappa shape index (κ2) is 7.82. The van der Waals surface area contributed by atoms with Crippen molar-refractivity contribution in [2.24, 2.45) is 0 Å². The van der Waals surface area contributed by atoms with Gasteiger partial charge in [0.25, 0.3) is 0 Å². The van der Waals surface area contributed by atoms with Crippen molar-refractivity contribution < 1.29 is 18.7 Å². The van der Waals surface area contributed by atoms with Gasteiger partial charge in [-0.15, -0.1) is 0 Å². The Morgan fingerprint density at radius 3 is 2.81 bits per heavy atom. The van der Waals surface area contributed by atoms with Crippen molar-refractivity contribution in [2.45, 2.75) is 44.2 Å². The Balaban J connectivity index is 1.45. The average Bonchev–Trinajstić information content (AvgIpc) is 3.01. The third-order valence-electron chi connectivity index (χ3n) is 5.06. The minimum Gasteiger partial charge on any atom is -0.487 e. The molecule has 8 heteroatoms. The highest BCUT2D eigenvalue weighted by molar-refractivity contribution is 5.80. The Labute approximate surface area is 157 Å². The zero-order valence-electron chi connectivity index (χ0n) is 15.3. The van der Waals surface area contributed by atoms with Crippen molar-refractivity contribution in [1.29, 1.82) is 5.26 Å². The number of nitriles is 1. The van der Waals surface area contributed by atoms with Crippen molar-refractivity contribution in [1.82, 2.24) is 15.5 Å². The van der Waals surface area contributed by atoms with Crippen molar-refractivity contribution in [3.8, 4) is 11.8 Å². The summed E-state index contributed by atoms with van der Waals surface area (Å²) in [5.74, 6) is -0.414. The van der Waals surface area contributed by atoms with Crippen LogP contribution >= 0.6 is 0 Å². The lowest BCUT2D eigenvalue weighted by atomic mass is 10.0. The Hall–Kier alpha value is -2.82. The summed E-state index contributed by atoms with van der Waals surface area (Å²) in [7, 11) is 0. The van der Waals surface area contributed by atoms with E-state index in [0.29, 0.717) is 45.3 Å². The van der Waals surface area contributed by atoms with Crippen molar-refractivity contribution >= 4 is 11.9 Å². The van der Waals surface area contributed by atoms with Crippen LogP contribution in [0.2, 0.25) is 0 Å². The molecule has 0 aromatic heterocycles. The van der Waals surface area contributed by atoms with Gasteiger partial charge in [-0.3, -0.25) is 4.79 Å². The third kappa shape index (κ3) is 4.67. The molecule has 7 nitrogen and oxygen atoms in total. The van der Waals surface area contributed by atoms with E-state index in [9.17, 15) is 14.0 Å². The number of ether oxygens (including phenoxy) is 1. The normalized spacial score (nSPS) is 22.9. The molecule has 1 atom stereocenters. The molecule has 3 amide bonds. The standard InChI is InChI=1S/C19H23FN4O3/c1-19(7-4-17(25)23-19)12-22-18(26)24-8-5-14(6-9-24)27-16-3-2-13(11-21)10-15(16)20/h2-3,10,14H,4-9,12H2,1H3,(H,22,26)(H,23,25). The fourth-order valence-corrected chi connectivity index (χ4v) is 3.39. The van der Waals surface area contributed by atoms with Crippen molar-refractivity contribution in [2.75, 3.05) is 19.6 Å². The Morgan fingerprint density at radius 2 is 2.22 bits per heavy atom. The van der Waals surface area contributed by atoms with Gasteiger partial charge in [0, 0.05) is 38.9 Å². The molecular formula is C19H23FN4O3. The van der Waals surface area contributed by atoms with Gasteiger partial charge in [0.2, 0.25) is 5.91 Å². The molecule has 144 valence electrons. The second-order valence-corrected chi connectivity index (χ2v) is 7.33. The molecule has 2 aliphatic rings. The summed E-state index contributed by atoms with van der Waals surface area (Å²) in [6.45, 7) is 3.34. The number of likely N-dealkylation sites (tertiary alicyclic amines) is 1. The summed E-state index contributed by atoms with van der Waals surface area (Å²) < 4.78 is 19.6. The summed E-state index contributed by atoms with van der Waals surface area (Å²) >= 11 is 0. The summed E-state index contributed by atoms with van der Waals surface area (Å²) in [6, 6.07) is 5.85. The molecule has 1 aromatic rings. The minimum absolute atomic E-state index is 0.0137. The molecular weight excluding hydrogens is 351 g/mol. The first-order valence-electron chi connectivity index (χ1n) is 9.09. The molecule has 2 heterocycles. The van der Waals surface area contributed by atoms with Gasteiger partial charge in [0.1, 0.15) is 6.10 Å². The van der Waals surface area contributed by atoms with E-state index < -0.39 is 5.82 Å². The molecule has 2 N–H and O–H groups in total. The van der Waals surface area contributed by atoms with Crippen LogP contribution in [0.25, 0.3) is 0 Å². The number of urea groups is 1. The molecule has 0 radical (unpaired) electrons. The maximum Gasteiger partial charge on any atom is 0.317 e. The molecule has 0 spiro atoms. The lowest BCUT2D eigenvalue weighted by molar-refractivity contribution is -0.119. The first-order chi connectivity index (χ1) is 12.9. The van der Waals surface area contributed by atoms with E-state index in [1.807, 2.05) is 13.0 Å². The van der Waals surface area contributed by atoms with Crippen LogP contribution in [0.15, 0.2) is 18.2 Å². The van der Waals surface area contributed by atoms with Gasteiger partial charge in [-0.05, 0) is 31.5 Å². The number of carbonyl (C=O) groups excluding carboxylic acids is 2. The van der Waals surface area contributed by atoms with Crippen LogP contribution in [0, 0.1) is 17.1 Å². The Morgan fingerprint density at radius 1 is 1.48 bits per heavy atom. The maximum absolute atomic E-state index is 13.9. The van der Waals surface area contributed by atoms with Gasteiger partial charge in [0.15, 0.2) is 11.6 Å². The third-order valence-corrected chi connectivity index (χ3v) is 5.06. The summed E-state index contributed by atoms with van der Waals surface area (Å²) in [5, 5.41) is 14.5. The Bertz CT molecular complexity index is 771. The SMILES string of the molecule is CC1(CNC(=O)N2CCC(Oc3ccc(C#N)cc3F)CC2)CCC(=O)N1. The molecule has 27 heavy (non-hydrogen) atoms. The summed E-state index contributed by atoms with van der Waals surface area (Å²) in [5.41, 5.74) is -0.139. The second-order valence-electron chi connectivity index (χ2n) is 7.33. The van der Waals surface area contributed by atoms with E-state index in [1.165, 1.54) is 12.1 Å². The molecule has 0 saturated carbocycles. The van der Waals surface area contributed by atoms with Crippen LogP contribution in [0.1, 0.15) is 38.2 Å². The topological polar surface area (TPSA) is 94.5 Å². The number of hydrogen-bond acceptors (Lipinski definition) is 4. The molecule has 0 aliphatic carbocycles. The quantitative estimate of drug-likeness (QED) is 0.842. The van der Waals surface area contributed by atoms with Gasteiger partial charge in [-0.2, -0.15) is 5.26 Å². The lowest BCUT2D eigenvalue weighted by Crippen LogP contribution is -2.53. The predicted molar refractivity (Wildman–Crippen MR) is 95.5 cm³/mol. The minimum atomic E-state index is -0.555. The predicted octanol–water partition coefficient (Wildman–Crippen LogP) is 1.92. The van der Waals surface area contributed by atoms with Gasteiger partial charge in [-0.25, -0.2) is 9.18 Å². The monoisotopic (exact) mass is 374 g/mol. The van der Waals surface area contributed by atoms with Crippen molar-refractivity contribution in [3.63, 3.8) is 0 Å². The Kier molecular flexibility index (Phi) is 5.49. The fourth-order valence-electron chi connectivity index (χ4n) is 3.39. The van der Waals surface area contributed by atoms with E-state index in [4.69, 9.17) is 10.00 Å². The first kappa shape index (κ1) is 19.0. The van der Waals surface area contributed by atoms with Crippen LogP contribution in [0.3, 0.4) is 0 Å². The lowest BCUT2D eigenvalue weighted by Gasteiger charge is -2.33. The zero-order valence-corrected chi connectivity index (χ0v) is 15.3.